The maximum Gasteiger partial charge on any atom is 0.115 e. The van der Waals surface area contributed by atoms with Gasteiger partial charge < -0.3 is 5.11 Å². The minimum atomic E-state index is 0.114. The third-order valence-electron chi connectivity index (χ3n) is 2.42. The molecule has 1 N–H and O–H groups in total. The Labute approximate surface area is 86.8 Å². The lowest BCUT2D eigenvalue weighted by atomic mass is 9.82. The predicted molar refractivity (Wildman–Crippen MR) is 60.8 cm³/mol. The van der Waals surface area contributed by atoms with E-state index in [0.717, 1.165) is 12.8 Å². The largest absolute Gasteiger partial charge is 0.508 e. The van der Waals surface area contributed by atoms with Gasteiger partial charge in [0.25, 0.3) is 0 Å². The lowest BCUT2D eigenvalue weighted by molar-refractivity contribution is 0.470. The highest BCUT2D eigenvalue weighted by Crippen LogP contribution is 2.29. The minimum absolute atomic E-state index is 0.114. The number of phenolic OH excluding ortho intramolecular Hbond substituents is 1. The van der Waals surface area contributed by atoms with E-state index >= 15 is 0 Å². The molecule has 0 radical (unpaired) electrons. The minimum Gasteiger partial charge on any atom is -0.508 e. The zero-order chi connectivity index (χ0) is 10.8. The van der Waals surface area contributed by atoms with Crippen LogP contribution in [0.25, 0.3) is 0 Å². The van der Waals surface area contributed by atoms with Crippen molar-refractivity contribution in [3.63, 3.8) is 0 Å². The molecule has 0 atom stereocenters. The van der Waals surface area contributed by atoms with Crippen molar-refractivity contribution in [1.29, 1.82) is 0 Å². The van der Waals surface area contributed by atoms with Crippen molar-refractivity contribution in [2.24, 2.45) is 0 Å². The van der Waals surface area contributed by atoms with Gasteiger partial charge in [-0.3, -0.25) is 0 Å². The molecule has 1 heteroatoms. The van der Waals surface area contributed by atoms with E-state index < -0.39 is 0 Å². The Morgan fingerprint density at radius 3 is 2.36 bits per heavy atom. The molecule has 0 spiro atoms. The van der Waals surface area contributed by atoms with Crippen LogP contribution in [-0.2, 0) is 11.8 Å². The number of hydrogen-bond acceptors (Lipinski definition) is 1. The third kappa shape index (κ3) is 2.50. The van der Waals surface area contributed by atoms with E-state index in [4.69, 9.17) is 0 Å². The van der Waals surface area contributed by atoms with Crippen molar-refractivity contribution in [3.05, 3.63) is 29.3 Å². The smallest absolute Gasteiger partial charge is 0.115 e. The van der Waals surface area contributed by atoms with Gasteiger partial charge in [-0.15, -0.1) is 0 Å². The van der Waals surface area contributed by atoms with Gasteiger partial charge in [0, 0.05) is 0 Å². The molecule has 0 aliphatic carbocycles. The Balaban J connectivity index is 3.16. The highest BCUT2D eigenvalue weighted by Gasteiger charge is 2.17. The summed E-state index contributed by atoms with van der Waals surface area (Å²) in [5, 5.41) is 9.47. The Kier molecular flexibility index (Phi) is 3.20. The van der Waals surface area contributed by atoms with Gasteiger partial charge in [0.1, 0.15) is 5.75 Å². The maximum absolute atomic E-state index is 9.47. The van der Waals surface area contributed by atoms with Gasteiger partial charge >= 0.3 is 0 Å². The molecule has 1 aromatic rings. The summed E-state index contributed by atoms with van der Waals surface area (Å²) in [7, 11) is 0. The van der Waals surface area contributed by atoms with Gasteiger partial charge in [-0.05, 0) is 35.1 Å². The van der Waals surface area contributed by atoms with Crippen LogP contribution >= 0.6 is 0 Å². The van der Waals surface area contributed by atoms with E-state index in [1.165, 1.54) is 11.1 Å². The fourth-order valence-electron chi connectivity index (χ4n) is 1.75. The molecule has 1 aromatic carbocycles. The van der Waals surface area contributed by atoms with Crippen LogP contribution in [0.1, 0.15) is 45.2 Å². The molecule has 0 aromatic heterocycles. The highest BCUT2D eigenvalue weighted by molar-refractivity contribution is 5.39. The summed E-state index contributed by atoms with van der Waals surface area (Å²) in [5.41, 5.74) is 2.74. The normalized spacial score (nSPS) is 11.7. The van der Waals surface area contributed by atoms with Crippen molar-refractivity contribution in [1.82, 2.24) is 0 Å². The van der Waals surface area contributed by atoms with E-state index in [1.54, 1.807) is 6.07 Å². The molecule has 0 saturated carbocycles. The van der Waals surface area contributed by atoms with Crippen molar-refractivity contribution in [2.75, 3.05) is 0 Å². The summed E-state index contributed by atoms with van der Waals surface area (Å²) in [5.74, 6) is 0.370. The lowest BCUT2D eigenvalue weighted by Crippen LogP contribution is -2.14. The van der Waals surface area contributed by atoms with Crippen LogP contribution in [-0.4, -0.2) is 5.11 Å². The van der Waals surface area contributed by atoms with Gasteiger partial charge in [0.15, 0.2) is 0 Å². The highest BCUT2D eigenvalue weighted by atomic mass is 16.3. The summed E-state index contributed by atoms with van der Waals surface area (Å²) in [6.45, 7) is 8.72. The van der Waals surface area contributed by atoms with Crippen LogP contribution < -0.4 is 0 Å². The van der Waals surface area contributed by atoms with E-state index in [-0.39, 0.29) is 5.41 Å². The van der Waals surface area contributed by atoms with E-state index in [0.29, 0.717) is 5.75 Å². The SMILES string of the molecule is CCCc1ccc(O)cc1C(C)(C)C. The Hall–Kier alpha value is -0.980. The number of aryl methyl sites for hydroxylation is 1. The quantitative estimate of drug-likeness (QED) is 0.758. The molecule has 0 unspecified atom stereocenters. The van der Waals surface area contributed by atoms with Crippen molar-refractivity contribution >= 4 is 0 Å². The molecule has 1 rings (SSSR count). The average molecular weight is 192 g/mol. The summed E-state index contributed by atoms with van der Waals surface area (Å²) < 4.78 is 0. The lowest BCUT2D eigenvalue weighted by Gasteiger charge is -2.23. The van der Waals surface area contributed by atoms with Crippen LogP contribution in [0.15, 0.2) is 18.2 Å². The average Bonchev–Trinajstić information content (AvgIpc) is 2.07. The number of rotatable bonds is 2. The molecule has 0 saturated heterocycles. The van der Waals surface area contributed by atoms with Crippen molar-refractivity contribution < 1.29 is 5.11 Å². The Morgan fingerprint density at radius 2 is 1.86 bits per heavy atom. The number of phenols is 1. The zero-order valence-corrected chi connectivity index (χ0v) is 9.59. The molecule has 1 nitrogen and oxygen atoms in total. The summed E-state index contributed by atoms with van der Waals surface area (Å²) in [6.07, 6.45) is 2.24. The molecule has 0 aliphatic heterocycles. The van der Waals surface area contributed by atoms with Gasteiger partial charge in [-0.2, -0.15) is 0 Å². The molecular formula is C13H20O. The first-order valence-electron chi connectivity index (χ1n) is 5.27. The number of benzene rings is 1. The fourth-order valence-corrected chi connectivity index (χ4v) is 1.75. The van der Waals surface area contributed by atoms with Crippen LogP contribution in [0.2, 0.25) is 0 Å². The fraction of sp³-hybridized carbons (Fsp3) is 0.538. The second kappa shape index (κ2) is 4.04. The zero-order valence-electron chi connectivity index (χ0n) is 9.59. The van der Waals surface area contributed by atoms with Crippen molar-refractivity contribution in [3.8, 4) is 5.75 Å². The number of aromatic hydroxyl groups is 1. The molecule has 0 aliphatic rings. The predicted octanol–water partition coefficient (Wildman–Crippen LogP) is 3.64. The summed E-state index contributed by atoms with van der Waals surface area (Å²) in [6, 6.07) is 5.71. The van der Waals surface area contributed by atoms with Gasteiger partial charge in [-0.25, -0.2) is 0 Å². The first-order chi connectivity index (χ1) is 6.45. The molecule has 0 fully saturated rings. The van der Waals surface area contributed by atoms with Crippen molar-refractivity contribution in [2.45, 2.75) is 46.0 Å². The topological polar surface area (TPSA) is 20.2 Å². The summed E-state index contributed by atoms with van der Waals surface area (Å²) >= 11 is 0. The number of hydrogen-bond donors (Lipinski definition) is 1. The molecular weight excluding hydrogens is 172 g/mol. The van der Waals surface area contributed by atoms with Gasteiger partial charge in [-0.1, -0.05) is 40.2 Å². The summed E-state index contributed by atoms with van der Waals surface area (Å²) in [4.78, 5) is 0. The van der Waals surface area contributed by atoms with Gasteiger partial charge in [0.05, 0.1) is 0 Å². The molecule has 0 amide bonds. The Morgan fingerprint density at radius 1 is 1.21 bits per heavy atom. The van der Waals surface area contributed by atoms with E-state index in [1.807, 2.05) is 12.1 Å². The van der Waals surface area contributed by atoms with Gasteiger partial charge in [0.2, 0.25) is 0 Å². The van der Waals surface area contributed by atoms with Crippen LogP contribution in [0.5, 0.6) is 5.75 Å². The van der Waals surface area contributed by atoms with E-state index in [9.17, 15) is 5.11 Å². The molecule has 78 valence electrons. The van der Waals surface area contributed by atoms with Crippen LogP contribution in [0.3, 0.4) is 0 Å². The van der Waals surface area contributed by atoms with E-state index in [2.05, 4.69) is 27.7 Å². The van der Waals surface area contributed by atoms with Crippen LogP contribution in [0, 0.1) is 0 Å². The van der Waals surface area contributed by atoms with Crippen LogP contribution in [0.4, 0.5) is 0 Å². The second-order valence-corrected chi connectivity index (χ2v) is 4.84. The maximum atomic E-state index is 9.47. The Bertz CT molecular complexity index is 308. The monoisotopic (exact) mass is 192 g/mol. The third-order valence-corrected chi connectivity index (χ3v) is 2.42. The first-order valence-corrected chi connectivity index (χ1v) is 5.27. The molecule has 0 bridgehead atoms. The molecule has 0 heterocycles. The standard InChI is InChI=1S/C13H20O/c1-5-6-10-7-8-11(14)9-12(10)13(2,3)4/h7-9,14H,5-6H2,1-4H3. The molecule has 14 heavy (non-hydrogen) atoms. The second-order valence-electron chi connectivity index (χ2n) is 4.84. The first kappa shape index (κ1) is 11.1.